The predicted molar refractivity (Wildman–Crippen MR) is 88.9 cm³/mol. The van der Waals surface area contributed by atoms with Crippen LogP contribution in [0.1, 0.15) is 19.8 Å². The van der Waals surface area contributed by atoms with Crippen LogP contribution in [0.3, 0.4) is 0 Å². The Morgan fingerprint density at radius 1 is 1.36 bits per heavy atom. The van der Waals surface area contributed by atoms with Crippen LogP contribution >= 0.6 is 12.4 Å². The van der Waals surface area contributed by atoms with Gasteiger partial charge in [-0.3, -0.25) is 4.79 Å². The lowest BCUT2D eigenvalue weighted by atomic mass is 10.1. The molecule has 22 heavy (non-hydrogen) atoms. The van der Waals surface area contributed by atoms with Crippen molar-refractivity contribution in [2.45, 2.75) is 25.9 Å². The van der Waals surface area contributed by atoms with Gasteiger partial charge >= 0.3 is 0 Å². The van der Waals surface area contributed by atoms with E-state index in [4.69, 9.17) is 9.47 Å². The zero-order chi connectivity index (χ0) is 15.1. The monoisotopic (exact) mass is 328 g/mol. The molecule has 1 amide bonds. The topological polar surface area (TPSA) is 59.6 Å². The number of hydrogen-bond donors (Lipinski definition) is 2. The number of nitrogens with one attached hydrogen (secondary N) is 2. The van der Waals surface area contributed by atoms with Crippen molar-refractivity contribution in [3.63, 3.8) is 0 Å². The van der Waals surface area contributed by atoms with Crippen LogP contribution in [0, 0.1) is 5.92 Å². The number of halogens is 1. The van der Waals surface area contributed by atoms with Crippen molar-refractivity contribution in [1.82, 2.24) is 10.6 Å². The van der Waals surface area contributed by atoms with E-state index in [0.717, 1.165) is 25.3 Å². The van der Waals surface area contributed by atoms with E-state index in [2.05, 4.69) is 10.6 Å². The van der Waals surface area contributed by atoms with E-state index in [1.165, 1.54) is 6.42 Å². The van der Waals surface area contributed by atoms with E-state index >= 15 is 0 Å². The zero-order valence-corrected chi connectivity index (χ0v) is 13.9. The molecule has 6 heteroatoms. The first-order valence-corrected chi connectivity index (χ1v) is 7.48. The first-order chi connectivity index (χ1) is 10.2. The highest BCUT2D eigenvalue weighted by Gasteiger charge is 2.17. The zero-order valence-electron chi connectivity index (χ0n) is 13.1. The van der Waals surface area contributed by atoms with Crippen molar-refractivity contribution in [2.24, 2.45) is 5.92 Å². The van der Waals surface area contributed by atoms with Crippen LogP contribution in [0.2, 0.25) is 0 Å². The fraction of sp³-hybridized carbons (Fsp3) is 0.562. The van der Waals surface area contributed by atoms with Gasteiger partial charge in [-0.05, 0) is 63.0 Å². The molecule has 2 rings (SSSR count). The minimum atomic E-state index is -0.500. The Labute approximate surface area is 138 Å². The van der Waals surface area contributed by atoms with Gasteiger partial charge < -0.3 is 20.1 Å². The molecular formula is C16H25ClN2O3. The smallest absolute Gasteiger partial charge is 0.260 e. The molecule has 0 aromatic heterocycles. The molecule has 5 nitrogen and oxygen atoms in total. The molecule has 1 aromatic carbocycles. The van der Waals surface area contributed by atoms with Crippen molar-refractivity contribution in [1.29, 1.82) is 0 Å². The number of rotatable bonds is 7. The molecule has 2 unspecified atom stereocenters. The third-order valence-corrected chi connectivity index (χ3v) is 3.76. The summed E-state index contributed by atoms with van der Waals surface area (Å²) < 4.78 is 10.7. The van der Waals surface area contributed by atoms with Crippen LogP contribution in [-0.4, -0.2) is 38.8 Å². The van der Waals surface area contributed by atoms with Crippen LogP contribution < -0.4 is 20.1 Å². The molecule has 124 valence electrons. The van der Waals surface area contributed by atoms with Crippen molar-refractivity contribution >= 4 is 18.3 Å². The summed E-state index contributed by atoms with van der Waals surface area (Å²) in [6, 6.07) is 7.22. The first-order valence-electron chi connectivity index (χ1n) is 7.48. The lowest BCUT2D eigenvalue weighted by molar-refractivity contribution is -0.127. The van der Waals surface area contributed by atoms with Gasteiger partial charge in [-0.25, -0.2) is 0 Å². The number of hydrogen-bond acceptors (Lipinski definition) is 4. The fourth-order valence-corrected chi connectivity index (χ4v) is 2.42. The Morgan fingerprint density at radius 2 is 2.05 bits per heavy atom. The largest absolute Gasteiger partial charge is 0.497 e. The third-order valence-electron chi connectivity index (χ3n) is 3.76. The Morgan fingerprint density at radius 3 is 2.64 bits per heavy atom. The minimum absolute atomic E-state index is 0. The van der Waals surface area contributed by atoms with E-state index in [1.54, 1.807) is 26.2 Å². The van der Waals surface area contributed by atoms with E-state index in [1.807, 2.05) is 12.1 Å². The Kier molecular flexibility index (Phi) is 8.06. The third kappa shape index (κ3) is 5.73. The standard InChI is InChI=1S/C16H24N2O3.ClH/c1-12(21-15-5-3-14(20-2)4-6-15)16(19)18-10-8-13-7-9-17-11-13;/h3-6,12-13,17H,7-11H2,1-2H3,(H,18,19);1H. The van der Waals surface area contributed by atoms with Gasteiger partial charge in [0.1, 0.15) is 11.5 Å². The van der Waals surface area contributed by atoms with E-state index in [9.17, 15) is 4.79 Å². The molecule has 1 aliphatic heterocycles. The number of amides is 1. The summed E-state index contributed by atoms with van der Waals surface area (Å²) in [5.41, 5.74) is 0. The van der Waals surface area contributed by atoms with Crippen LogP contribution in [-0.2, 0) is 4.79 Å². The quantitative estimate of drug-likeness (QED) is 0.803. The van der Waals surface area contributed by atoms with Gasteiger partial charge in [0.15, 0.2) is 6.10 Å². The number of carbonyl (C=O) groups is 1. The van der Waals surface area contributed by atoms with Crippen molar-refractivity contribution < 1.29 is 14.3 Å². The lowest BCUT2D eigenvalue weighted by Crippen LogP contribution is -2.37. The summed E-state index contributed by atoms with van der Waals surface area (Å²) in [5.74, 6) is 2.04. The molecule has 0 aliphatic carbocycles. The number of benzene rings is 1. The predicted octanol–water partition coefficient (Wildman–Crippen LogP) is 2.00. The molecule has 0 saturated carbocycles. The summed E-state index contributed by atoms with van der Waals surface area (Å²) in [4.78, 5) is 12.0. The van der Waals surface area contributed by atoms with Gasteiger partial charge in [0.25, 0.3) is 5.91 Å². The number of carbonyl (C=O) groups excluding carboxylic acids is 1. The van der Waals surface area contributed by atoms with Crippen molar-refractivity contribution in [3.05, 3.63) is 24.3 Å². The van der Waals surface area contributed by atoms with Gasteiger partial charge in [-0.1, -0.05) is 0 Å². The Bertz CT molecular complexity index is 447. The Hall–Kier alpha value is -1.46. The van der Waals surface area contributed by atoms with Crippen LogP contribution in [0.5, 0.6) is 11.5 Å². The molecular weight excluding hydrogens is 304 g/mol. The van der Waals surface area contributed by atoms with Gasteiger partial charge in [-0.15, -0.1) is 12.4 Å². The molecule has 1 aliphatic rings. The van der Waals surface area contributed by atoms with Crippen molar-refractivity contribution in [3.8, 4) is 11.5 Å². The number of ether oxygens (including phenoxy) is 2. The second-order valence-corrected chi connectivity index (χ2v) is 5.37. The molecule has 0 bridgehead atoms. The molecule has 1 fully saturated rings. The van der Waals surface area contributed by atoms with Gasteiger partial charge in [0, 0.05) is 6.54 Å². The van der Waals surface area contributed by atoms with Crippen LogP contribution in [0.25, 0.3) is 0 Å². The van der Waals surface area contributed by atoms with Crippen LogP contribution in [0.4, 0.5) is 0 Å². The molecule has 2 N–H and O–H groups in total. The maximum atomic E-state index is 12.0. The van der Waals surface area contributed by atoms with Gasteiger partial charge in [0.05, 0.1) is 7.11 Å². The Balaban J connectivity index is 0.00000242. The lowest BCUT2D eigenvalue weighted by Gasteiger charge is -2.16. The molecule has 2 atom stereocenters. The highest BCUT2D eigenvalue weighted by atomic mass is 35.5. The van der Waals surface area contributed by atoms with Crippen molar-refractivity contribution in [2.75, 3.05) is 26.7 Å². The van der Waals surface area contributed by atoms with Crippen LogP contribution in [0.15, 0.2) is 24.3 Å². The maximum Gasteiger partial charge on any atom is 0.260 e. The SMILES string of the molecule is COc1ccc(OC(C)C(=O)NCCC2CCNC2)cc1.Cl. The van der Waals surface area contributed by atoms with Gasteiger partial charge in [-0.2, -0.15) is 0 Å². The van der Waals surface area contributed by atoms with E-state index in [-0.39, 0.29) is 18.3 Å². The second kappa shape index (κ2) is 9.54. The second-order valence-electron chi connectivity index (χ2n) is 5.37. The summed E-state index contributed by atoms with van der Waals surface area (Å²) in [6.45, 7) is 4.63. The minimum Gasteiger partial charge on any atom is -0.497 e. The summed E-state index contributed by atoms with van der Waals surface area (Å²) in [7, 11) is 1.62. The highest BCUT2D eigenvalue weighted by molar-refractivity contribution is 5.85. The first kappa shape index (κ1) is 18.6. The van der Waals surface area contributed by atoms with Gasteiger partial charge in [0.2, 0.25) is 0 Å². The highest BCUT2D eigenvalue weighted by Crippen LogP contribution is 2.18. The van der Waals surface area contributed by atoms with E-state index < -0.39 is 6.10 Å². The van der Waals surface area contributed by atoms with E-state index in [0.29, 0.717) is 18.2 Å². The fourth-order valence-electron chi connectivity index (χ4n) is 2.42. The average Bonchev–Trinajstić information content (AvgIpc) is 3.01. The number of methoxy groups -OCH3 is 1. The maximum absolute atomic E-state index is 12.0. The molecule has 0 spiro atoms. The summed E-state index contributed by atoms with van der Waals surface area (Å²) >= 11 is 0. The molecule has 1 saturated heterocycles. The summed E-state index contributed by atoms with van der Waals surface area (Å²) in [6.07, 6.45) is 1.72. The average molecular weight is 329 g/mol. The molecule has 1 heterocycles. The normalized spacial score (nSPS) is 18.2. The molecule has 0 radical (unpaired) electrons. The summed E-state index contributed by atoms with van der Waals surface area (Å²) in [5, 5.41) is 6.26. The molecule has 1 aromatic rings.